The summed E-state index contributed by atoms with van der Waals surface area (Å²) in [5.41, 5.74) is 2.31. The van der Waals surface area contributed by atoms with E-state index in [1.54, 1.807) is 24.3 Å². The van der Waals surface area contributed by atoms with Gasteiger partial charge in [-0.25, -0.2) is 4.57 Å². The summed E-state index contributed by atoms with van der Waals surface area (Å²) in [4.78, 5) is 21.0. The minimum absolute atomic E-state index is 0.102. The molecule has 2 heterocycles. The molecule has 206 valence electrons. The minimum Gasteiger partial charge on any atom is -0.508 e. The lowest BCUT2D eigenvalue weighted by atomic mass is 10.1. The Labute approximate surface area is 233 Å². The number of benzene rings is 3. The van der Waals surface area contributed by atoms with Crippen LogP contribution in [0.2, 0.25) is 0 Å². The topological polar surface area (TPSA) is 148 Å². The van der Waals surface area contributed by atoms with Gasteiger partial charge in [0.2, 0.25) is 5.52 Å². The molecule has 0 spiro atoms. The lowest BCUT2D eigenvalue weighted by Crippen LogP contribution is -2.36. The van der Waals surface area contributed by atoms with Gasteiger partial charge in [-0.15, -0.1) is 0 Å². The number of phosphoric acid groups is 1. The highest BCUT2D eigenvalue weighted by atomic mass is 32.2. The van der Waals surface area contributed by atoms with Crippen LogP contribution >= 0.6 is 30.9 Å². The molecular weight excluding hydrogens is 583 g/mol. The summed E-state index contributed by atoms with van der Waals surface area (Å²) in [6.45, 7) is 2.01. The fourth-order valence-electron chi connectivity index (χ4n) is 4.51. The molecule has 1 aliphatic heterocycles. The second-order valence-electron chi connectivity index (χ2n) is 9.03. The molecule has 5 rings (SSSR count). The third-order valence-corrected chi connectivity index (χ3v) is 9.87. The molecule has 3 aromatic carbocycles. The second kappa shape index (κ2) is 10.8. The van der Waals surface area contributed by atoms with Crippen LogP contribution in [0.4, 0.5) is 5.69 Å². The van der Waals surface area contributed by atoms with Crippen molar-refractivity contribution in [2.45, 2.75) is 24.8 Å². The summed E-state index contributed by atoms with van der Waals surface area (Å²) in [5.74, 6) is -0.268. The van der Waals surface area contributed by atoms with E-state index in [2.05, 4.69) is 0 Å². The van der Waals surface area contributed by atoms with Crippen molar-refractivity contribution >= 4 is 73.8 Å². The van der Waals surface area contributed by atoms with E-state index in [1.165, 1.54) is 11.8 Å². The SMILES string of the molecule is Cc1cc2c(cc1O)N(CCOP(=O)(O)O)C(=Cc1sc3c4ccccc4ccc3[n+]1CCCS(=O)(=O)O)S2. The van der Waals surface area contributed by atoms with E-state index in [0.29, 0.717) is 17.8 Å². The van der Waals surface area contributed by atoms with Crippen LogP contribution in [0.25, 0.3) is 27.1 Å². The van der Waals surface area contributed by atoms with E-state index in [1.807, 2.05) is 58.0 Å². The number of phenols is 1. The maximum atomic E-state index is 11.4. The number of aromatic hydroxyl groups is 1. The van der Waals surface area contributed by atoms with Crippen LogP contribution in [0, 0.1) is 6.92 Å². The number of aromatic nitrogens is 1. The smallest absolute Gasteiger partial charge is 0.469 e. The van der Waals surface area contributed by atoms with Gasteiger partial charge in [0.15, 0.2) is 6.54 Å². The molecule has 14 heteroatoms. The van der Waals surface area contributed by atoms with Crippen molar-refractivity contribution < 1.29 is 41.5 Å². The molecule has 0 radical (unpaired) electrons. The molecule has 0 unspecified atom stereocenters. The van der Waals surface area contributed by atoms with Crippen molar-refractivity contribution in [3.63, 3.8) is 0 Å². The summed E-state index contributed by atoms with van der Waals surface area (Å²) in [7, 11) is -8.78. The van der Waals surface area contributed by atoms with Crippen LogP contribution < -0.4 is 9.47 Å². The maximum Gasteiger partial charge on any atom is 0.469 e. The molecular formula is C25H26N2O8PS3+. The van der Waals surface area contributed by atoms with Crippen LogP contribution in [-0.2, 0) is 25.8 Å². The first-order chi connectivity index (χ1) is 18.4. The molecule has 4 N–H and O–H groups in total. The van der Waals surface area contributed by atoms with E-state index < -0.39 is 17.9 Å². The van der Waals surface area contributed by atoms with E-state index >= 15 is 0 Å². The van der Waals surface area contributed by atoms with Gasteiger partial charge in [-0.05, 0) is 30.0 Å². The molecule has 0 atom stereocenters. The molecule has 0 saturated heterocycles. The molecule has 0 fully saturated rings. The third-order valence-electron chi connectivity index (χ3n) is 6.28. The standard InChI is InChI=1S/C25H25N2O8PS3/c1-16-13-22-20(14-21(16)28)27(10-11-35-36(29,30)31)23(37-22)15-24-26(9-4-12-39(32,33)34)19-8-7-17-5-2-3-6-18(17)25(19)38-24/h2-3,5-8,13-15H,4,9-12H2,1H3,(H3-,28,29,30,31,32,33,34)/p+1. The van der Waals surface area contributed by atoms with Crippen LogP contribution in [0.5, 0.6) is 5.75 Å². The first-order valence-corrected chi connectivity index (χ1v) is 16.7. The van der Waals surface area contributed by atoms with Gasteiger partial charge in [0.25, 0.3) is 15.1 Å². The average Bonchev–Trinajstić information content (AvgIpc) is 3.36. The Morgan fingerprint density at radius 3 is 2.67 bits per heavy atom. The van der Waals surface area contributed by atoms with Gasteiger partial charge in [0, 0.05) is 35.4 Å². The van der Waals surface area contributed by atoms with Crippen molar-refractivity contribution in [2.75, 3.05) is 23.8 Å². The zero-order chi connectivity index (χ0) is 27.9. The molecule has 1 aromatic heterocycles. The van der Waals surface area contributed by atoms with Crippen molar-refractivity contribution in [1.29, 1.82) is 0 Å². The highest BCUT2D eigenvalue weighted by Gasteiger charge is 2.30. The van der Waals surface area contributed by atoms with Gasteiger partial charge < -0.3 is 19.8 Å². The summed E-state index contributed by atoms with van der Waals surface area (Å²) in [6.07, 6.45) is 2.15. The van der Waals surface area contributed by atoms with E-state index in [-0.39, 0.29) is 31.1 Å². The molecule has 0 aliphatic carbocycles. The number of phenolic OH excluding ortho intramolecular Hbond substituents is 1. The van der Waals surface area contributed by atoms with Gasteiger partial charge in [0.1, 0.15) is 10.4 Å². The van der Waals surface area contributed by atoms with Crippen LogP contribution in [0.1, 0.15) is 17.0 Å². The number of phosphoric ester groups is 1. The van der Waals surface area contributed by atoms with Crippen LogP contribution in [-0.4, -0.2) is 46.8 Å². The second-order valence-corrected chi connectivity index (χ2v) is 13.9. The number of nitrogens with zero attached hydrogens (tertiary/aromatic N) is 2. The molecule has 1 aliphatic rings. The van der Waals surface area contributed by atoms with Crippen molar-refractivity contribution in [2.24, 2.45) is 0 Å². The van der Waals surface area contributed by atoms with Crippen molar-refractivity contribution in [3.8, 4) is 5.75 Å². The average molecular weight is 610 g/mol. The quantitative estimate of drug-likeness (QED) is 0.120. The number of thioether (sulfide) groups is 1. The van der Waals surface area contributed by atoms with Gasteiger partial charge in [0.05, 0.1) is 29.2 Å². The minimum atomic E-state index is -4.66. The fraction of sp³-hybridized carbons (Fsp3) is 0.240. The monoisotopic (exact) mass is 609 g/mol. The number of fused-ring (bicyclic) bond motifs is 4. The Hall–Kier alpha value is -2.48. The van der Waals surface area contributed by atoms with Crippen LogP contribution in [0.15, 0.2) is 58.5 Å². The highest BCUT2D eigenvalue weighted by Crippen LogP contribution is 2.49. The molecule has 39 heavy (non-hydrogen) atoms. The Morgan fingerprint density at radius 1 is 1.15 bits per heavy atom. The number of rotatable bonds is 9. The van der Waals surface area contributed by atoms with Gasteiger partial charge >= 0.3 is 7.82 Å². The number of hydrogen-bond acceptors (Lipinski definition) is 8. The number of thiazole rings is 1. The molecule has 10 nitrogen and oxygen atoms in total. The number of hydrogen-bond donors (Lipinski definition) is 4. The molecule has 0 amide bonds. The lowest BCUT2D eigenvalue weighted by Gasteiger charge is -2.20. The predicted molar refractivity (Wildman–Crippen MR) is 153 cm³/mol. The zero-order valence-electron chi connectivity index (χ0n) is 20.7. The Balaban J connectivity index is 1.60. The number of aryl methyl sites for hydroxylation is 2. The Kier molecular flexibility index (Phi) is 7.79. The molecule has 0 saturated carbocycles. The summed E-state index contributed by atoms with van der Waals surface area (Å²) < 4.78 is 51.1. The highest BCUT2D eigenvalue weighted by molar-refractivity contribution is 8.04. The van der Waals surface area contributed by atoms with Gasteiger partial charge in [-0.1, -0.05) is 47.4 Å². The third kappa shape index (κ3) is 6.31. The first kappa shape index (κ1) is 28.1. The fourth-order valence-corrected chi connectivity index (χ4v) is 7.86. The molecule has 4 aromatic rings. The molecule has 0 bridgehead atoms. The van der Waals surface area contributed by atoms with Gasteiger partial charge in [-0.3, -0.25) is 9.08 Å². The summed E-state index contributed by atoms with van der Waals surface area (Å²) in [6, 6.07) is 15.5. The van der Waals surface area contributed by atoms with Crippen molar-refractivity contribution in [3.05, 3.63) is 64.1 Å². The van der Waals surface area contributed by atoms with Crippen molar-refractivity contribution in [1.82, 2.24) is 0 Å². The zero-order valence-corrected chi connectivity index (χ0v) is 24.1. The van der Waals surface area contributed by atoms with E-state index in [9.17, 15) is 22.6 Å². The lowest BCUT2D eigenvalue weighted by molar-refractivity contribution is -0.668. The Morgan fingerprint density at radius 2 is 1.92 bits per heavy atom. The largest absolute Gasteiger partial charge is 0.508 e. The predicted octanol–water partition coefficient (Wildman–Crippen LogP) is 4.65. The summed E-state index contributed by atoms with van der Waals surface area (Å²) >= 11 is 3.00. The van der Waals surface area contributed by atoms with Crippen LogP contribution in [0.3, 0.4) is 0 Å². The maximum absolute atomic E-state index is 11.4. The van der Waals surface area contributed by atoms with E-state index in [0.717, 1.165) is 35.9 Å². The normalized spacial score (nSPS) is 15.1. The first-order valence-electron chi connectivity index (χ1n) is 11.9. The Bertz CT molecular complexity index is 1760. The summed E-state index contributed by atoms with van der Waals surface area (Å²) in [5, 5.41) is 14.1. The van der Waals surface area contributed by atoms with E-state index in [4.69, 9.17) is 14.3 Å². The van der Waals surface area contributed by atoms with Gasteiger partial charge in [-0.2, -0.15) is 13.0 Å². The number of anilines is 1.